The molecule has 0 aliphatic rings. The van der Waals surface area contributed by atoms with Gasteiger partial charge in [0.2, 0.25) is 5.91 Å². The molecule has 0 fully saturated rings. The monoisotopic (exact) mass is 245 g/mol. The summed E-state index contributed by atoms with van der Waals surface area (Å²) in [7, 11) is 0. The van der Waals surface area contributed by atoms with E-state index >= 15 is 0 Å². The van der Waals surface area contributed by atoms with E-state index in [2.05, 4.69) is 11.4 Å². The lowest BCUT2D eigenvalue weighted by Gasteiger charge is -2.19. The normalized spacial score (nSPS) is 9.67. The van der Waals surface area contributed by atoms with E-state index < -0.39 is 0 Å². The fraction of sp³-hybridized carbons (Fsp3) is 0.429. The number of nitrogens with one attached hydrogen (secondary N) is 1. The zero-order chi connectivity index (χ0) is 13.5. The van der Waals surface area contributed by atoms with Crippen LogP contribution in [0.2, 0.25) is 0 Å². The summed E-state index contributed by atoms with van der Waals surface area (Å²) in [5.74, 6) is 0.0711. The number of nitriles is 1. The summed E-state index contributed by atoms with van der Waals surface area (Å²) in [6.45, 7) is 7.57. The number of hydrogen-bond acceptors (Lipinski definition) is 3. The molecule has 4 heteroatoms. The van der Waals surface area contributed by atoms with Crippen molar-refractivity contribution in [2.45, 2.75) is 20.8 Å². The second-order valence-corrected chi connectivity index (χ2v) is 4.06. The van der Waals surface area contributed by atoms with E-state index in [1.165, 1.54) is 0 Å². The molecule has 0 aliphatic carbocycles. The van der Waals surface area contributed by atoms with Gasteiger partial charge in [0.1, 0.15) is 0 Å². The number of rotatable bonds is 5. The summed E-state index contributed by atoms with van der Waals surface area (Å²) in [6.07, 6.45) is 0. The summed E-state index contributed by atoms with van der Waals surface area (Å²) in [4.78, 5) is 13.6. The summed E-state index contributed by atoms with van der Waals surface area (Å²) in [5.41, 5.74) is 2.47. The van der Waals surface area contributed by atoms with Crippen molar-refractivity contribution in [1.82, 2.24) is 4.90 Å². The second-order valence-electron chi connectivity index (χ2n) is 4.06. The lowest BCUT2D eigenvalue weighted by Crippen LogP contribution is -2.35. The molecular formula is C14H19N3O. The van der Waals surface area contributed by atoms with Crippen LogP contribution in [-0.2, 0) is 4.79 Å². The highest BCUT2D eigenvalue weighted by molar-refractivity contribution is 5.81. The SMILES string of the molecule is CCN(CC)C(=O)CNc1cc(C#N)ccc1C. The molecule has 0 atom stereocenters. The van der Waals surface area contributed by atoms with E-state index in [9.17, 15) is 4.79 Å². The molecular weight excluding hydrogens is 226 g/mol. The summed E-state index contributed by atoms with van der Waals surface area (Å²) < 4.78 is 0. The Bertz CT molecular complexity index is 459. The van der Waals surface area contributed by atoms with Crippen LogP contribution in [0.25, 0.3) is 0 Å². The number of likely N-dealkylation sites (N-methyl/N-ethyl adjacent to an activating group) is 1. The maximum atomic E-state index is 11.8. The van der Waals surface area contributed by atoms with Crippen LogP contribution in [-0.4, -0.2) is 30.4 Å². The Labute approximate surface area is 108 Å². The zero-order valence-corrected chi connectivity index (χ0v) is 11.2. The highest BCUT2D eigenvalue weighted by Gasteiger charge is 2.09. The smallest absolute Gasteiger partial charge is 0.241 e. The molecule has 18 heavy (non-hydrogen) atoms. The van der Waals surface area contributed by atoms with Crippen molar-refractivity contribution in [2.24, 2.45) is 0 Å². The number of benzene rings is 1. The molecule has 0 saturated heterocycles. The Morgan fingerprint density at radius 1 is 1.39 bits per heavy atom. The second kappa shape index (κ2) is 6.65. The highest BCUT2D eigenvalue weighted by atomic mass is 16.2. The first-order valence-corrected chi connectivity index (χ1v) is 6.14. The molecule has 0 spiro atoms. The molecule has 4 nitrogen and oxygen atoms in total. The van der Waals surface area contributed by atoms with Gasteiger partial charge >= 0.3 is 0 Å². The van der Waals surface area contributed by atoms with Crippen LogP contribution in [0.15, 0.2) is 18.2 Å². The van der Waals surface area contributed by atoms with Crippen LogP contribution in [0.1, 0.15) is 25.0 Å². The molecule has 0 saturated carbocycles. The van der Waals surface area contributed by atoms with Gasteiger partial charge in [-0.05, 0) is 38.5 Å². The molecule has 0 heterocycles. The van der Waals surface area contributed by atoms with E-state index in [4.69, 9.17) is 5.26 Å². The van der Waals surface area contributed by atoms with E-state index in [0.717, 1.165) is 11.3 Å². The molecule has 96 valence electrons. The Morgan fingerprint density at radius 3 is 2.61 bits per heavy atom. The zero-order valence-electron chi connectivity index (χ0n) is 11.2. The third-order valence-corrected chi connectivity index (χ3v) is 2.91. The van der Waals surface area contributed by atoms with Crippen molar-refractivity contribution in [3.05, 3.63) is 29.3 Å². The number of nitrogens with zero attached hydrogens (tertiary/aromatic N) is 2. The average molecular weight is 245 g/mol. The number of anilines is 1. The van der Waals surface area contributed by atoms with Crippen molar-refractivity contribution < 1.29 is 4.79 Å². The van der Waals surface area contributed by atoms with Gasteiger partial charge in [0.15, 0.2) is 0 Å². The van der Waals surface area contributed by atoms with Gasteiger partial charge in [0, 0.05) is 18.8 Å². The minimum atomic E-state index is 0.0711. The largest absolute Gasteiger partial charge is 0.376 e. The Kier molecular flexibility index (Phi) is 5.19. The summed E-state index contributed by atoms with van der Waals surface area (Å²) >= 11 is 0. The van der Waals surface area contributed by atoms with Gasteiger partial charge in [-0.1, -0.05) is 6.07 Å². The summed E-state index contributed by atoms with van der Waals surface area (Å²) in [5, 5.41) is 11.9. The van der Waals surface area contributed by atoms with Crippen molar-refractivity contribution in [3.8, 4) is 6.07 Å². The Balaban J connectivity index is 2.69. The maximum absolute atomic E-state index is 11.8. The van der Waals surface area contributed by atoms with Crippen LogP contribution in [0, 0.1) is 18.3 Å². The third kappa shape index (κ3) is 3.49. The first kappa shape index (κ1) is 14.0. The van der Waals surface area contributed by atoms with Crippen LogP contribution >= 0.6 is 0 Å². The lowest BCUT2D eigenvalue weighted by molar-refractivity contribution is -0.128. The molecule has 1 rings (SSSR count). The molecule has 0 unspecified atom stereocenters. The first-order valence-electron chi connectivity index (χ1n) is 6.14. The molecule has 1 N–H and O–H groups in total. The van der Waals surface area contributed by atoms with Gasteiger partial charge in [-0.3, -0.25) is 4.79 Å². The predicted molar refractivity (Wildman–Crippen MR) is 72.3 cm³/mol. The summed E-state index contributed by atoms with van der Waals surface area (Å²) in [6, 6.07) is 7.51. The minimum Gasteiger partial charge on any atom is -0.376 e. The fourth-order valence-corrected chi connectivity index (χ4v) is 1.74. The van der Waals surface area contributed by atoms with E-state index in [-0.39, 0.29) is 12.5 Å². The molecule has 1 aromatic carbocycles. The Morgan fingerprint density at radius 2 is 2.06 bits per heavy atom. The molecule has 0 aromatic heterocycles. The van der Waals surface area contributed by atoms with Crippen molar-refractivity contribution in [2.75, 3.05) is 25.0 Å². The average Bonchev–Trinajstić information content (AvgIpc) is 2.39. The van der Waals surface area contributed by atoms with Crippen LogP contribution in [0.4, 0.5) is 5.69 Å². The van der Waals surface area contributed by atoms with Crippen molar-refractivity contribution in [1.29, 1.82) is 5.26 Å². The van der Waals surface area contributed by atoms with E-state index in [0.29, 0.717) is 18.7 Å². The third-order valence-electron chi connectivity index (χ3n) is 2.91. The van der Waals surface area contributed by atoms with Crippen LogP contribution in [0.3, 0.4) is 0 Å². The number of hydrogen-bond donors (Lipinski definition) is 1. The molecule has 0 radical (unpaired) electrons. The number of amides is 1. The standard InChI is InChI=1S/C14H19N3O/c1-4-17(5-2)14(18)10-16-13-8-12(9-15)7-6-11(13)3/h6-8,16H,4-5,10H2,1-3H3. The van der Waals surface area contributed by atoms with E-state index in [1.54, 1.807) is 17.0 Å². The minimum absolute atomic E-state index is 0.0711. The molecule has 0 bridgehead atoms. The number of carbonyl (C=O) groups excluding carboxylic acids is 1. The van der Waals surface area contributed by atoms with Crippen LogP contribution in [0.5, 0.6) is 0 Å². The van der Waals surface area contributed by atoms with E-state index in [1.807, 2.05) is 26.8 Å². The highest BCUT2D eigenvalue weighted by Crippen LogP contribution is 2.16. The fourth-order valence-electron chi connectivity index (χ4n) is 1.74. The quantitative estimate of drug-likeness (QED) is 0.864. The van der Waals surface area contributed by atoms with Gasteiger partial charge in [0.05, 0.1) is 18.2 Å². The van der Waals surface area contributed by atoms with Crippen molar-refractivity contribution in [3.63, 3.8) is 0 Å². The lowest BCUT2D eigenvalue weighted by atomic mass is 10.1. The van der Waals surface area contributed by atoms with Gasteiger partial charge in [-0.2, -0.15) is 5.26 Å². The van der Waals surface area contributed by atoms with Gasteiger partial charge in [-0.15, -0.1) is 0 Å². The van der Waals surface area contributed by atoms with Crippen LogP contribution < -0.4 is 5.32 Å². The van der Waals surface area contributed by atoms with Gasteiger partial charge in [0.25, 0.3) is 0 Å². The molecule has 1 aromatic rings. The molecule has 1 amide bonds. The van der Waals surface area contributed by atoms with Crippen molar-refractivity contribution >= 4 is 11.6 Å². The van der Waals surface area contributed by atoms with Gasteiger partial charge < -0.3 is 10.2 Å². The molecule has 0 aliphatic heterocycles. The predicted octanol–water partition coefficient (Wildman–Crippen LogP) is 2.15. The number of carbonyl (C=O) groups is 1. The topological polar surface area (TPSA) is 56.1 Å². The number of aryl methyl sites for hydroxylation is 1. The maximum Gasteiger partial charge on any atom is 0.241 e. The Hall–Kier alpha value is -2.02. The van der Waals surface area contributed by atoms with Gasteiger partial charge in [-0.25, -0.2) is 0 Å². The first-order chi connectivity index (χ1) is 8.62.